The van der Waals surface area contributed by atoms with Gasteiger partial charge in [-0.3, -0.25) is 0 Å². The molecule has 0 nitrogen and oxygen atoms in total. The zero-order valence-corrected chi connectivity index (χ0v) is 41.3. The van der Waals surface area contributed by atoms with Crippen molar-refractivity contribution in [2.45, 2.75) is 27.7 Å². The van der Waals surface area contributed by atoms with E-state index in [9.17, 15) is 0 Å². The average molecular weight is 1010 g/mol. The van der Waals surface area contributed by atoms with E-state index in [2.05, 4.69) is 0 Å². The van der Waals surface area contributed by atoms with E-state index in [1.165, 1.54) is 0 Å². The zero-order chi connectivity index (χ0) is 5.41. The minimum absolute atomic E-state index is 0. The third kappa shape index (κ3) is 150. The summed E-state index contributed by atoms with van der Waals surface area (Å²) in [6.45, 7) is 8.00. The Labute approximate surface area is 370 Å². The quantitative estimate of drug-likeness (QED) is 0.328. The van der Waals surface area contributed by atoms with Crippen molar-refractivity contribution in [1.29, 1.82) is 0 Å². The van der Waals surface area contributed by atoms with E-state index < -0.39 is 0 Å². The molecule has 0 bridgehead atoms. The standard InChI is InChI=1S/2C3H7.2CH3.10Y/c2*1-3-2;;;;;;;;;;;;/h2*3H,1-2H3;2*1H3;;;;;;;;;;/q4*-1;;;;;;;;;;. The number of hydrogen-bond acceptors (Lipinski definition) is 0. The van der Waals surface area contributed by atoms with Gasteiger partial charge in [-0.25, -0.2) is 0 Å². The summed E-state index contributed by atoms with van der Waals surface area (Å²) in [4.78, 5) is 0. The smallest absolute Gasteiger partial charge is 0 e. The molecular weight excluding hydrogens is 985 g/mol. The number of rotatable bonds is 0. The van der Waals surface area contributed by atoms with Gasteiger partial charge in [0, 0.05) is 327 Å². The fraction of sp³-hybridized carbons (Fsp3) is 0.500. The van der Waals surface area contributed by atoms with Crippen molar-refractivity contribution in [2.75, 3.05) is 0 Å². The van der Waals surface area contributed by atoms with Crippen LogP contribution in [0.1, 0.15) is 27.7 Å². The summed E-state index contributed by atoms with van der Waals surface area (Å²) < 4.78 is 0. The summed E-state index contributed by atoms with van der Waals surface area (Å²) in [7, 11) is 0. The van der Waals surface area contributed by atoms with Crippen molar-refractivity contribution < 1.29 is 327 Å². The second kappa shape index (κ2) is 121. The predicted molar refractivity (Wildman–Crippen MR) is 44.1 cm³/mol. The van der Waals surface area contributed by atoms with Crippen molar-refractivity contribution in [3.63, 3.8) is 0 Å². The molecule has 0 aromatic heterocycles. The molecule has 0 aliphatic heterocycles. The van der Waals surface area contributed by atoms with Crippen LogP contribution in [0, 0.1) is 27.7 Å². The second-order valence-electron chi connectivity index (χ2n) is 1.15. The van der Waals surface area contributed by atoms with Gasteiger partial charge in [-0.1, -0.05) is 0 Å². The van der Waals surface area contributed by atoms with Gasteiger partial charge in [0.1, 0.15) is 0 Å². The zero-order valence-electron chi connectivity index (χ0n) is 12.9. The molecule has 0 saturated heterocycles. The number of hydrogen-bond donors (Lipinski definition) is 0. The molecule has 0 aromatic rings. The van der Waals surface area contributed by atoms with Crippen LogP contribution in [0.4, 0.5) is 0 Å². The second-order valence-corrected chi connectivity index (χ2v) is 1.15. The Balaban J connectivity index is -0.000000000889. The Hall–Kier alpha value is 11.0. The maximum Gasteiger partial charge on any atom is 0 e. The SMILES string of the molecule is C[CH-]C.C[CH-]C.[CH3-].[CH3-].[Y].[Y].[Y].[Y].[Y].[Y].[Y].[Y].[Y].[Y]. The normalized spacial score (nSPS) is 2.00. The summed E-state index contributed by atoms with van der Waals surface area (Å²) in [6.07, 6.45) is 4.00. The van der Waals surface area contributed by atoms with Gasteiger partial charge < -0.3 is 27.7 Å². The van der Waals surface area contributed by atoms with Gasteiger partial charge in [0.15, 0.2) is 0 Å². The van der Waals surface area contributed by atoms with Gasteiger partial charge in [-0.15, -0.1) is 0 Å². The molecular formula is C8H20Y10-4. The van der Waals surface area contributed by atoms with Crippen LogP contribution < -0.4 is 0 Å². The fourth-order valence-electron chi connectivity index (χ4n) is 0. The van der Waals surface area contributed by atoms with E-state index in [-0.39, 0.29) is 342 Å². The minimum Gasteiger partial charge on any atom is -0.358 e. The predicted octanol–water partition coefficient (Wildman–Crippen LogP) is 3.34. The van der Waals surface area contributed by atoms with E-state index in [0.717, 1.165) is 0 Å². The Morgan fingerprint density at radius 1 is 0.333 bits per heavy atom. The Morgan fingerprint density at radius 3 is 0.333 bits per heavy atom. The van der Waals surface area contributed by atoms with Crippen LogP contribution in [0.15, 0.2) is 0 Å². The molecule has 86 valence electrons. The first-order valence-corrected chi connectivity index (χ1v) is 2.31. The van der Waals surface area contributed by atoms with Gasteiger partial charge in [-0.05, 0) is 0 Å². The van der Waals surface area contributed by atoms with Crippen molar-refractivity contribution in [3.05, 3.63) is 27.7 Å². The Bertz CT molecular complexity index is 19.8. The third-order valence-electron chi connectivity index (χ3n) is 0. The fourth-order valence-corrected chi connectivity index (χ4v) is 0. The molecule has 0 aliphatic carbocycles. The third-order valence-corrected chi connectivity index (χ3v) is 0. The first-order valence-electron chi connectivity index (χ1n) is 2.31. The average Bonchev–Trinajstić information content (AvgIpc) is 1.39. The van der Waals surface area contributed by atoms with Gasteiger partial charge >= 0.3 is 0 Å². The van der Waals surface area contributed by atoms with Crippen LogP contribution in [0.5, 0.6) is 0 Å². The van der Waals surface area contributed by atoms with E-state index in [1.54, 1.807) is 0 Å². The maximum atomic E-state index is 2.00. The first kappa shape index (κ1) is 101. The van der Waals surface area contributed by atoms with E-state index in [4.69, 9.17) is 0 Å². The summed E-state index contributed by atoms with van der Waals surface area (Å²) in [5.74, 6) is 0. The van der Waals surface area contributed by atoms with Gasteiger partial charge in [0.05, 0.1) is 0 Å². The van der Waals surface area contributed by atoms with Crippen molar-refractivity contribution in [2.24, 2.45) is 0 Å². The molecule has 0 unspecified atom stereocenters. The molecule has 0 N–H and O–H groups in total. The molecule has 0 aromatic carbocycles. The van der Waals surface area contributed by atoms with Crippen LogP contribution in [-0.2, 0) is 327 Å². The Kier molecular flexibility index (Phi) is 676. The maximum absolute atomic E-state index is 2.00. The summed E-state index contributed by atoms with van der Waals surface area (Å²) in [5, 5.41) is 0. The molecule has 18 heavy (non-hydrogen) atoms. The van der Waals surface area contributed by atoms with Gasteiger partial charge in [-0.2, -0.15) is 27.7 Å². The molecule has 0 spiro atoms. The van der Waals surface area contributed by atoms with Crippen LogP contribution >= 0.6 is 0 Å². The van der Waals surface area contributed by atoms with Crippen LogP contribution in [0.3, 0.4) is 0 Å². The van der Waals surface area contributed by atoms with E-state index in [1.807, 2.05) is 40.5 Å². The molecule has 0 atom stereocenters. The van der Waals surface area contributed by atoms with Crippen molar-refractivity contribution in [1.82, 2.24) is 0 Å². The van der Waals surface area contributed by atoms with Crippen LogP contribution in [-0.4, -0.2) is 0 Å². The molecule has 10 heteroatoms. The van der Waals surface area contributed by atoms with Gasteiger partial charge in [0.25, 0.3) is 0 Å². The molecule has 0 rings (SSSR count). The topological polar surface area (TPSA) is 0 Å². The molecule has 10 radical (unpaired) electrons. The summed E-state index contributed by atoms with van der Waals surface area (Å²) in [5.41, 5.74) is 0. The molecule has 0 aliphatic rings. The van der Waals surface area contributed by atoms with Crippen molar-refractivity contribution >= 4 is 0 Å². The monoisotopic (exact) mass is 1010 g/mol. The van der Waals surface area contributed by atoms with E-state index >= 15 is 0 Å². The summed E-state index contributed by atoms with van der Waals surface area (Å²) >= 11 is 0. The summed E-state index contributed by atoms with van der Waals surface area (Å²) in [6, 6.07) is 0. The molecule has 0 amide bonds. The van der Waals surface area contributed by atoms with Crippen LogP contribution in [0.2, 0.25) is 0 Å². The molecule has 0 heterocycles. The molecule has 0 saturated carbocycles. The van der Waals surface area contributed by atoms with E-state index in [0.29, 0.717) is 0 Å². The van der Waals surface area contributed by atoms with Crippen molar-refractivity contribution in [3.8, 4) is 0 Å². The largest absolute Gasteiger partial charge is 0.358 e. The van der Waals surface area contributed by atoms with Gasteiger partial charge in [0.2, 0.25) is 0 Å². The minimum atomic E-state index is 0. The first-order chi connectivity index (χ1) is 2.83. The Morgan fingerprint density at radius 2 is 0.333 bits per heavy atom. The van der Waals surface area contributed by atoms with Crippen LogP contribution in [0.25, 0.3) is 0 Å². The molecule has 0 fully saturated rings.